The lowest BCUT2D eigenvalue weighted by molar-refractivity contribution is 0.167. The number of pyridine rings is 1. The van der Waals surface area contributed by atoms with Gasteiger partial charge in [-0.1, -0.05) is 17.3 Å². The summed E-state index contributed by atoms with van der Waals surface area (Å²) in [7, 11) is 0. The number of hydrogen-bond acceptors (Lipinski definition) is 6. The van der Waals surface area contributed by atoms with Crippen LogP contribution in [-0.4, -0.2) is 46.7 Å². The van der Waals surface area contributed by atoms with Gasteiger partial charge in [-0.3, -0.25) is 5.32 Å². The van der Waals surface area contributed by atoms with Gasteiger partial charge in [0, 0.05) is 37.8 Å². The number of carbonyl (C=O) groups is 1. The van der Waals surface area contributed by atoms with Crippen molar-refractivity contribution in [1.82, 2.24) is 20.4 Å². The van der Waals surface area contributed by atoms with E-state index in [9.17, 15) is 4.79 Å². The van der Waals surface area contributed by atoms with E-state index in [-0.39, 0.29) is 12.1 Å². The Labute approximate surface area is 160 Å². The summed E-state index contributed by atoms with van der Waals surface area (Å²) in [5.41, 5.74) is 1.48. The number of carbonyl (C=O) groups excluding carboxylic acids is 1. The lowest BCUT2D eigenvalue weighted by Gasteiger charge is -2.35. The number of rotatable bonds is 3. The fraction of sp³-hybridized carbons (Fsp3) is 0.250. The highest BCUT2D eigenvalue weighted by Crippen LogP contribution is 2.26. The van der Waals surface area contributed by atoms with Crippen LogP contribution in [0.25, 0.3) is 22.4 Å². The molecule has 0 saturated carbocycles. The number of aromatic nitrogens is 2. The van der Waals surface area contributed by atoms with Crippen LogP contribution in [0.2, 0.25) is 0 Å². The Bertz CT molecular complexity index is 1090. The van der Waals surface area contributed by atoms with E-state index in [0.717, 1.165) is 23.6 Å². The summed E-state index contributed by atoms with van der Waals surface area (Å²) in [6, 6.07) is 13.3. The molecule has 4 heterocycles. The molecule has 3 aliphatic rings. The van der Waals surface area contributed by atoms with Crippen LogP contribution in [0.1, 0.15) is 5.76 Å². The number of nitrogens with zero attached hydrogens (tertiary/aromatic N) is 3. The molecule has 1 aliphatic carbocycles. The molecule has 8 heteroatoms. The smallest absolute Gasteiger partial charge is 0.323 e. The Morgan fingerprint density at radius 2 is 2.21 bits per heavy atom. The van der Waals surface area contributed by atoms with Crippen molar-refractivity contribution in [3.8, 4) is 11.3 Å². The number of fused-ring (bicyclic) bond motifs is 2. The Hall–Kier alpha value is -3.39. The molecule has 2 N–H and O–H groups in total. The molecular weight excluding hydrogens is 358 g/mol. The molecule has 0 bridgehead atoms. The van der Waals surface area contributed by atoms with E-state index in [2.05, 4.69) is 20.8 Å². The molecular formula is C20H19N5O3. The molecule has 2 aliphatic heterocycles. The molecule has 0 aromatic carbocycles. The van der Waals surface area contributed by atoms with E-state index in [1.165, 1.54) is 0 Å². The molecule has 2 aromatic rings. The fourth-order valence-corrected chi connectivity index (χ4v) is 3.60. The van der Waals surface area contributed by atoms with Crippen molar-refractivity contribution in [2.24, 2.45) is 0 Å². The van der Waals surface area contributed by atoms with Gasteiger partial charge in [0.1, 0.15) is 11.5 Å². The summed E-state index contributed by atoms with van der Waals surface area (Å²) in [6.07, 6.45) is 2.25. The van der Waals surface area contributed by atoms with Crippen LogP contribution in [0.15, 0.2) is 57.6 Å². The average Bonchev–Trinajstić information content (AvgIpc) is 3.35. The second-order valence-corrected chi connectivity index (χ2v) is 6.82. The lowest BCUT2D eigenvalue weighted by Crippen LogP contribution is -2.55. The Kier molecular flexibility index (Phi) is 4.17. The van der Waals surface area contributed by atoms with Crippen LogP contribution in [0.3, 0.4) is 0 Å². The number of urea groups is 1. The standard InChI is InChI=1S/C20H19N5O3/c26-20(23-18-16-4-2-8-22-19(16)28-24-18)25-10-9-21-12-14(25)11-15-7-6-13-3-1-5-17(13)27-15/h1-8,14,21H,9-12H2,(H,23,24,26). The molecule has 1 atom stereocenters. The van der Waals surface area contributed by atoms with Crippen LogP contribution in [0, 0.1) is 0 Å². The minimum absolute atomic E-state index is 0.0267. The largest absolute Gasteiger partial charge is 0.461 e. The Balaban J connectivity index is 1.35. The van der Waals surface area contributed by atoms with Gasteiger partial charge in [0.2, 0.25) is 0 Å². The molecule has 5 rings (SSSR count). The maximum atomic E-state index is 12.9. The lowest BCUT2D eigenvalue weighted by atomic mass is 10.1. The van der Waals surface area contributed by atoms with Gasteiger partial charge in [-0.25, -0.2) is 9.78 Å². The maximum absolute atomic E-state index is 12.9. The molecule has 1 saturated heterocycles. The fourth-order valence-electron chi connectivity index (χ4n) is 3.60. The second-order valence-electron chi connectivity index (χ2n) is 6.82. The first kappa shape index (κ1) is 16.8. The summed E-state index contributed by atoms with van der Waals surface area (Å²) in [6.45, 7) is 2.04. The molecule has 142 valence electrons. The van der Waals surface area contributed by atoms with Crippen LogP contribution in [0.5, 0.6) is 0 Å². The van der Waals surface area contributed by atoms with Gasteiger partial charge < -0.3 is 19.2 Å². The second kappa shape index (κ2) is 6.97. The minimum atomic E-state index is -0.208. The normalized spacial score (nSPS) is 17.3. The first-order valence-electron chi connectivity index (χ1n) is 9.24. The maximum Gasteiger partial charge on any atom is 0.323 e. The van der Waals surface area contributed by atoms with Gasteiger partial charge in [0.05, 0.1) is 11.4 Å². The Morgan fingerprint density at radius 1 is 1.25 bits per heavy atom. The summed E-state index contributed by atoms with van der Waals surface area (Å²) in [4.78, 5) is 18.8. The van der Waals surface area contributed by atoms with Crippen LogP contribution < -0.4 is 10.6 Å². The third-order valence-electron chi connectivity index (χ3n) is 5.02. The SMILES string of the molecule is O=C(Nc1noc2ncccc12)N1CCNCC1Cc1ccc2cccc-2o1. The molecule has 2 aromatic heterocycles. The zero-order chi connectivity index (χ0) is 18.9. The highest BCUT2D eigenvalue weighted by molar-refractivity contribution is 5.97. The molecule has 0 spiro atoms. The third-order valence-corrected chi connectivity index (χ3v) is 5.02. The highest BCUT2D eigenvalue weighted by atomic mass is 16.5. The molecule has 28 heavy (non-hydrogen) atoms. The van der Waals surface area contributed by atoms with Gasteiger partial charge in [-0.15, -0.1) is 0 Å². The predicted octanol–water partition coefficient (Wildman–Crippen LogP) is 2.97. The minimum Gasteiger partial charge on any atom is -0.461 e. The van der Waals surface area contributed by atoms with Gasteiger partial charge in [-0.2, -0.15) is 0 Å². The summed E-state index contributed by atoms with van der Waals surface area (Å²) in [5, 5.41) is 10.8. The van der Waals surface area contributed by atoms with Gasteiger partial charge in [0.15, 0.2) is 5.82 Å². The topological polar surface area (TPSA) is 96.4 Å². The number of piperazine rings is 1. The van der Waals surface area contributed by atoms with Crippen molar-refractivity contribution in [2.45, 2.75) is 12.5 Å². The average molecular weight is 377 g/mol. The first-order valence-corrected chi connectivity index (χ1v) is 9.24. The van der Waals surface area contributed by atoms with E-state index in [4.69, 9.17) is 8.94 Å². The van der Waals surface area contributed by atoms with Crippen molar-refractivity contribution in [1.29, 1.82) is 0 Å². The van der Waals surface area contributed by atoms with Gasteiger partial charge in [-0.05, 0) is 30.3 Å². The van der Waals surface area contributed by atoms with Crippen molar-refractivity contribution < 1.29 is 13.7 Å². The van der Waals surface area contributed by atoms with Crippen LogP contribution in [-0.2, 0) is 6.42 Å². The van der Waals surface area contributed by atoms with E-state index in [1.54, 1.807) is 12.3 Å². The summed E-state index contributed by atoms with van der Waals surface area (Å²) >= 11 is 0. The van der Waals surface area contributed by atoms with E-state index in [1.807, 2.05) is 41.3 Å². The molecule has 2 amide bonds. The van der Waals surface area contributed by atoms with E-state index < -0.39 is 0 Å². The molecule has 0 radical (unpaired) electrons. The first-order chi connectivity index (χ1) is 13.8. The number of amides is 2. The van der Waals surface area contributed by atoms with Gasteiger partial charge >= 0.3 is 6.03 Å². The van der Waals surface area contributed by atoms with E-state index in [0.29, 0.717) is 36.4 Å². The van der Waals surface area contributed by atoms with Gasteiger partial charge in [0.25, 0.3) is 5.71 Å². The molecule has 1 fully saturated rings. The van der Waals surface area contributed by atoms with Crippen molar-refractivity contribution in [3.05, 3.63) is 54.4 Å². The zero-order valence-electron chi connectivity index (χ0n) is 15.1. The van der Waals surface area contributed by atoms with Crippen LogP contribution in [0.4, 0.5) is 10.6 Å². The number of anilines is 1. The van der Waals surface area contributed by atoms with Crippen LogP contribution >= 0.6 is 0 Å². The quantitative estimate of drug-likeness (QED) is 0.570. The third kappa shape index (κ3) is 3.07. The van der Waals surface area contributed by atoms with E-state index >= 15 is 0 Å². The Morgan fingerprint density at radius 3 is 3.18 bits per heavy atom. The monoisotopic (exact) mass is 377 g/mol. The van der Waals surface area contributed by atoms with Crippen molar-refractivity contribution in [2.75, 3.05) is 25.0 Å². The van der Waals surface area contributed by atoms with Crippen molar-refractivity contribution >= 4 is 22.9 Å². The highest BCUT2D eigenvalue weighted by Gasteiger charge is 2.28. The predicted molar refractivity (Wildman–Crippen MR) is 103 cm³/mol. The summed E-state index contributed by atoms with van der Waals surface area (Å²) < 4.78 is 11.1. The molecule has 8 nitrogen and oxygen atoms in total. The number of nitrogens with one attached hydrogen (secondary N) is 2. The zero-order valence-corrected chi connectivity index (χ0v) is 15.1. The molecule has 1 unspecified atom stereocenters. The number of hydrogen-bond donors (Lipinski definition) is 2. The summed E-state index contributed by atoms with van der Waals surface area (Å²) in [5.74, 6) is 2.09. The van der Waals surface area contributed by atoms with Crippen molar-refractivity contribution in [3.63, 3.8) is 0 Å².